The van der Waals surface area contributed by atoms with Crippen molar-refractivity contribution >= 4 is 29.9 Å². The summed E-state index contributed by atoms with van der Waals surface area (Å²) in [6, 6.07) is 0.723. The van der Waals surface area contributed by atoms with Crippen LogP contribution < -0.4 is 10.6 Å². The Morgan fingerprint density at radius 3 is 2.65 bits per heavy atom. The summed E-state index contributed by atoms with van der Waals surface area (Å²) < 4.78 is 7.16. The fourth-order valence-corrected chi connectivity index (χ4v) is 2.66. The Morgan fingerprint density at radius 1 is 1.39 bits per heavy atom. The van der Waals surface area contributed by atoms with E-state index in [-0.39, 0.29) is 30.0 Å². The van der Waals surface area contributed by atoms with Gasteiger partial charge in [-0.05, 0) is 26.7 Å². The highest BCUT2D eigenvalue weighted by Gasteiger charge is 2.17. The van der Waals surface area contributed by atoms with Crippen molar-refractivity contribution in [3.63, 3.8) is 0 Å². The van der Waals surface area contributed by atoms with E-state index in [4.69, 9.17) is 4.74 Å². The second-order valence-electron chi connectivity index (χ2n) is 6.01. The van der Waals surface area contributed by atoms with Gasteiger partial charge in [0, 0.05) is 26.2 Å². The number of aliphatic imine (C=N–C) groups is 1. The van der Waals surface area contributed by atoms with Gasteiger partial charge in [-0.15, -0.1) is 34.2 Å². The largest absolute Gasteiger partial charge is 0.383 e. The minimum absolute atomic E-state index is 0. The molecule has 7 nitrogen and oxygen atoms in total. The molecule has 1 aromatic rings. The molecule has 0 aromatic carbocycles. The predicted molar refractivity (Wildman–Crippen MR) is 102 cm³/mol. The first kappa shape index (κ1) is 20.1. The third kappa shape index (κ3) is 6.25. The molecule has 2 N–H and O–H groups in total. The number of halogens is 1. The molecule has 1 aliphatic carbocycles. The van der Waals surface area contributed by atoms with Crippen LogP contribution in [-0.2, 0) is 18.3 Å². The lowest BCUT2D eigenvalue weighted by molar-refractivity contribution is 0.179. The zero-order valence-corrected chi connectivity index (χ0v) is 16.8. The number of aryl methyl sites for hydroxylation is 1. The molecule has 8 heteroatoms. The molecule has 2 rings (SSSR count). The molecule has 0 spiro atoms. The van der Waals surface area contributed by atoms with E-state index in [0.29, 0.717) is 19.2 Å². The van der Waals surface area contributed by atoms with Gasteiger partial charge in [0.2, 0.25) is 0 Å². The van der Waals surface area contributed by atoms with Crippen LogP contribution in [-0.4, -0.2) is 46.5 Å². The Bertz CT molecular complexity index is 498. The number of nitrogens with one attached hydrogen (secondary N) is 2. The lowest BCUT2D eigenvalue weighted by atomic mass is 10.2. The highest BCUT2D eigenvalue weighted by molar-refractivity contribution is 14.0. The number of ether oxygens (including phenoxy) is 1. The molecule has 1 heterocycles. The Labute approximate surface area is 155 Å². The second kappa shape index (κ2) is 10.1. The summed E-state index contributed by atoms with van der Waals surface area (Å²) in [7, 11) is 3.67. The Kier molecular flexibility index (Phi) is 8.82. The lowest BCUT2D eigenvalue weighted by Crippen LogP contribution is -2.47. The molecule has 1 unspecified atom stereocenters. The highest BCUT2D eigenvalue weighted by Crippen LogP contribution is 2.17. The summed E-state index contributed by atoms with van der Waals surface area (Å²) in [5, 5.41) is 15.2. The van der Waals surface area contributed by atoms with Crippen molar-refractivity contribution in [1.82, 2.24) is 25.4 Å². The van der Waals surface area contributed by atoms with Gasteiger partial charge in [-0.1, -0.05) is 12.8 Å². The van der Waals surface area contributed by atoms with Gasteiger partial charge in [0.15, 0.2) is 11.8 Å². The van der Waals surface area contributed by atoms with Crippen molar-refractivity contribution in [2.45, 2.75) is 58.2 Å². The number of aromatic nitrogens is 3. The maximum atomic E-state index is 5.19. The number of rotatable bonds is 6. The van der Waals surface area contributed by atoms with Crippen molar-refractivity contribution in [2.24, 2.45) is 12.0 Å². The third-order valence-corrected chi connectivity index (χ3v) is 4.06. The average Bonchev–Trinajstić information content (AvgIpc) is 3.09. The van der Waals surface area contributed by atoms with Crippen molar-refractivity contribution in [2.75, 3.05) is 13.7 Å². The van der Waals surface area contributed by atoms with Crippen LogP contribution in [0.3, 0.4) is 0 Å². The van der Waals surface area contributed by atoms with Crippen LogP contribution in [0.5, 0.6) is 0 Å². The highest BCUT2D eigenvalue weighted by atomic mass is 127. The van der Waals surface area contributed by atoms with Crippen molar-refractivity contribution in [3.8, 4) is 0 Å². The Morgan fingerprint density at radius 2 is 2.09 bits per heavy atom. The van der Waals surface area contributed by atoms with Gasteiger partial charge < -0.3 is 19.9 Å². The van der Waals surface area contributed by atoms with Crippen molar-refractivity contribution in [1.29, 1.82) is 0 Å². The molecule has 0 aliphatic heterocycles. The quantitative estimate of drug-likeness (QED) is 0.404. The monoisotopic (exact) mass is 436 g/mol. The fraction of sp³-hybridized carbons (Fsp3) is 0.800. The summed E-state index contributed by atoms with van der Waals surface area (Å²) in [6.07, 6.45) is 5.01. The number of methoxy groups -OCH3 is 1. The summed E-state index contributed by atoms with van der Waals surface area (Å²) in [6.45, 7) is 5.19. The molecule has 0 saturated heterocycles. The summed E-state index contributed by atoms with van der Waals surface area (Å²) >= 11 is 0. The maximum Gasteiger partial charge on any atom is 0.192 e. The smallest absolute Gasteiger partial charge is 0.192 e. The second-order valence-corrected chi connectivity index (χ2v) is 6.01. The molecule has 0 bridgehead atoms. The van der Waals surface area contributed by atoms with E-state index in [1.165, 1.54) is 25.7 Å². The lowest BCUT2D eigenvalue weighted by Gasteiger charge is -2.21. The van der Waals surface area contributed by atoms with Crippen molar-refractivity contribution < 1.29 is 4.74 Å². The average molecular weight is 436 g/mol. The minimum Gasteiger partial charge on any atom is -0.383 e. The zero-order valence-electron chi connectivity index (χ0n) is 14.5. The SMILES string of the molecule is COCC(C)NC(=NCc1nnc(C)n1C)NC1CCCC1.I. The molecule has 1 fully saturated rings. The van der Waals surface area contributed by atoms with Gasteiger partial charge in [0.25, 0.3) is 0 Å². The van der Waals surface area contributed by atoms with Crippen molar-refractivity contribution in [3.05, 3.63) is 11.6 Å². The first-order valence-corrected chi connectivity index (χ1v) is 8.01. The molecule has 1 aromatic heterocycles. The molecule has 1 atom stereocenters. The number of nitrogens with zero attached hydrogens (tertiary/aromatic N) is 4. The number of hydrogen-bond donors (Lipinski definition) is 2. The van der Waals surface area contributed by atoms with E-state index in [1.807, 2.05) is 18.5 Å². The molecule has 23 heavy (non-hydrogen) atoms. The van der Waals surface area contributed by atoms with E-state index < -0.39 is 0 Å². The standard InChI is InChI=1S/C15H28N6O.HI/c1-11(10-22-4)17-15(18-13-7-5-6-8-13)16-9-14-20-19-12(2)21(14)3;/h11,13H,5-10H2,1-4H3,(H2,16,17,18);1H. The summed E-state index contributed by atoms with van der Waals surface area (Å²) in [4.78, 5) is 4.67. The number of guanidine groups is 1. The molecule has 1 aliphatic rings. The molecular formula is C15H29IN6O. The molecular weight excluding hydrogens is 407 g/mol. The number of hydrogen-bond acceptors (Lipinski definition) is 4. The normalized spacial score (nSPS) is 17.0. The van der Waals surface area contributed by atoms with E-state index in [2.05, 4.69) is 32.7 Å². The Hall–Kier alpha value is -0.900. The minimum atomic E-state index is 0. The van der Waals surface area contributed by atoms with Gasteiger partial charge in [-0.2, -0.15) is 0 Å². The van der Waals surface area contributed by atoms with Crippen LogP contribution >= 0.6 is 24.0 Å². The molecule has 1 saturated carbocycles. The Balaban J connectivity index is 0.00000264. The van der Waals surface area contributed by atoms with Gasteiger partial charge in [0.1, 0.15) is 12.4 Å². The fourth-order valence-electron chi connectivity index (χ4n) is 2.66. The molecule has 132 valence electrons. The van der Waals surface area contributed by atoms with Crippen LogP contribution in [0.1, 0.15) is 44.3 Å². The van der Waals surface area contributed by atoms with E-state index in [9.17, 15) is 0 Å². The zero-order chi connectivity index (χ0) is 15.9. The molecule has 0 amide bonds. The van der Waals surface area contributed by atoms with E-state index >= 15 is 0 Å². The van der Waals surface area contributed by atoms with Crippen LogP contribution in [0.4, 0.5) is 0 Å². The van der Waals surface area contributed by atoms with Gasteiger partial charge in [0.05, 0.1) is 6.61 Å². The first-order valence-electron chi connectivity index (χ1n) is 8.01. The van der Waals surface area contributed by atoms with E-state index in [1.54, 1.807) is 7.11 Å². The van der Waals surface area contributed by atoms with Gasteiger partial charge in [-0.3, -0.25) is 0 Å². The van der Waals surface area contributed by atoms with Crippen LogP contribution in [0.2, 0.25) is 0 Å². The maximum absolute atomic E-state index is 5.19. The predicted octanol–water partition coefficient (Wildman–Crippen LogP) is 1.75. The topological polar surface area (TPSA) is 76.4 Å². The third-order valence-electron chi connectivity index (χ3n) is 4.06. The van der Waals surface area contributed by atoms with Crippen LogP contribution in [0.25, 0.3) is 0 Å². The summed E-state index contributed by atoms with van der Waals surface area (Å²) in [5.74, 6) is 2.60. The van der Waals surface area contributed by atoms with Gasteiger partial charge >= 0.3 is 0 Å². The van der Waals surface area contributed by atoms with Crippen LogP contribution in [0.15, 0.2) is 4.99 Å². The van der Waals surface area contributed by atoms with Crippen LogP contribution in [0, 0.1) is 6.92 Å². The summed E-state index contributed by atoms with van der Waals surface area (Å²) in [5.41, 5.74) is 0. The van der Waals surface area contributed by atoms with E-state index in [0.717, 1.165) is 17.6 Å². The first-order chi connectivity index (χ1) is 10.6. The molecule has 0 radical (unpaired) electrons. The van der Waals surface area contributed by atoms with Gasteiger partial charge in [-0.25, -0.2) is 4.99 Å².